The fourth-order valence-corrected chi connectivity index (χ4v) is 5.80. The van der Waals surface area contributed by atoms with Crippen LogP contribution in [0.2, 0.25) is 0 Å². The molecule has 0 spiro atoms. The number of nitrogens with zero attached hydrogens (tertiary/aromatic N) is 1. The summed E-state index contributed by atoms with van der Waals surface area (Å²) >= 11 is 0. The molecule has 3 unspecified atom stereocenters. The lowest BCUT2D eigenvalue weighted by molar-refractivity contribution is -0.226. The second kappa shape index (κ2) is 9.26. The van der Waals surface area contributed by atoms with E-state index in [9.17, 15) is 46.5 Å². The summed E-state index contributed by atoms with van der Waals surface area (Å²) in [6, 6.07) is -1.26. The molecule has 2 aliphatic heterocycles. The van der Waals surface area contributed by atoms with Crippen molar-refractivity contribution in [3.8, 4) is 0 Å². The van der Waals surface area contributed by atoms with Crippen LogP contribution in [0.15, 0.2) is 0 Å². The summed E-state index contributed by atoms with van der Waals surface area (Å²) in [7, 11) is -17.0. The Hall–Kier alpha value is -0.940. The van der Waals surface area contributed by atoms with Gasteiger partial charge in [-0.2, -0.15) is 21.8 Å². The zero-order valence-corrected chi connectivity index (χ0v) is 18.9. The van der Waals surface area contributed by atoms with Gasteiger partial charge in [-0.1, -0.05) is 0 Å². The van der Waals surface area contributed by atoms with E-state index >= 15 is 0 Å². The number of halogens is 3. The van der Waals surface area contributed by atoms with Gasteiger partial charge in [0.2, 0.25) is 5.91 Å². The number of amides is 3. The number of hydrogen-bond acceptors (Lipinski definition) is 10. The first-order chi connectivity index (χ1) is 14.7. The lowest BCUT2D eigenvalue weighted by atomic mass is 9.86. The van der Waals surface area contributed by atoms with Crippen LogP contribution in [0.5, 0.6) is 0 Å². The summed E-state index contributed by atoms with van der Waals surface area (Å²) < 4.78 is 90.0. The fourth-order valence-electron chi connectivity index (χ4n) is 2.77. The molecule has 2 rings (SSSR count). The Morgan fingerprint density at radius 2 is 1.73 bits per heavy atom. The molecule has 0 radical (unpaired) electrons. The molecule has 0 aromatic heterocycles. The summed E-state index contributed by atoms with van der Waals surface area (Å²) in [5.74, 6) is -1.60. The Labute approximate surface area is 182 Å². The number of phosphoric acid groups is 3. The largest absolute Gasteiger partial charge is 0.490 e. The van der Waals surface area contributed by atoms with Gasteiger partial charge < -0.3 is 29.4 Å². The Morgan fingerprint density at radius 3 is 2.24 bits per heavy atom. The van der Waals surface area contributed by atoms with Crippen LogP contribution in [0.4, 0.5) is 18.0 Å². The lowest BCUT2D eigenvalue weighted by Gasteiger charge is -2.41. The van der Waals surface area contributed by atoms with Gasteiger partial charge in [0.1, 0.15) is 12.3 Å². The molecular formula is C11H18F3N2O14P3. The smallest absolute Gasteiger partial charge is 0.390 e. The number of nitrogens with one attached hydrogen (secondary N) is 1. The van der Waals surface area contributed by atoms with Gasteiger partial charge in [0.15, 0.2) is 5.41 Å². The molecule has 16 nitrogen and oxygen atoms in total. The summed E-state index contributed by atoms with van der Waals surface area (Å²) in [6.07, 6.45) is -10.3. The topological polar surface area (TPSA) is 239 Å². The van der Waals surface area contributed by atoms with Gasteiger partial charge in [-0.3, -0.25) is 19.5 Å². The van der Waals surface area contributed by atoms with Gasteiger partial charge >= 0.3 is 35.7 Å². The number of carbonyl (C=O) groups excluding carboxylic acids is 2. The third-order valence-electron chi connectivity index (χ3n) is 4.46. The van der Waals surface area contributed by atoms with Crippen molar-refractivity contribution in [3.05, 3.63) is 0 Å². The number of hydrogen-bond donors (Lipinski definition) is 6. The van der Waals surface area contributed by atoms with Crippen molar-refractivity contribution in [2.24, 2.45) is 5.41 Å². The van der Waals surface area contributed by atoms with Crippen LogP contribution in [-0.4, -0.2) is 79.3 Å². The third kappa shape index (κ3) is 7.04. The van der Waals surface area contributed by atoms with Crippen molar-refractivity contribution in [1.82, 2.24) is 10.2 Å². The number of carbonyl (C=O) groups is 2. The zero-order valence-electron chi connectivity index (χ0n) is 16.2. The van der Waals surface area contributed by atoms with Crippen LogP contribution < -0.4 is 5.32 Å². The van der Waals surface area contributed by atoms with Gasteiger partial charge in [-0.15, -0.1) is 0 Å². The van der Waals surface area contributed by atoms with E-state index < -0.39 is 85.0 Å². The van der Waals surface area contributed by atoms with Gasteiger partial charge in [0.25, 0.3) is 0 Å². The number of phosphoric ester groups is 1. The highest BCUT2D eigenvalue weighted by Gasteiger charge is 2.61. The molecule has 0 aliphatic carbocycles. The van der Waals surface area contributed by atoms with Crippen LogP contribution in [0.1, 0.15) is 13.3 Å². The van der Waals surface area contributed by atoms with Crippen molar-refractivity contribution in [2.45, 2.75) is 38.0 Å². The predicted octanol–water partition coefficient (Wildman–Crippen LogP) is -0.0740. The Morgan fingerprint density at radius 1 is 1.15 bits per heavy atom. The highest BCUT2D eigenvalue weighted by molar-refractivity contribution is 7.66. The van der Waals surface area contributed by atoms with Crippen LogP contribution in [0.3, 0.4) is 0 Å². The van der Waals surface area contributed by atoms with Crippen LogP contribution >= 0.6 is 23.5 Å². The molecule has 0 saturated carbocycles. The van der Waals surface area contributed by atoms with E-state index in [1.807, 2.05) is 0 Å². The highest BCUT2D eigenvalue weighted by atomic mass is 31.3. The van der Waals surface area contributed by atoms with E-state index in [-0.39, 0.29) is 0 Å². The number of rotatable bonds is 8. The summed E-state index contributed by atoms with van der Waals surface area (Å²) in [5, 5.41) is 11.5. The van der Waals surface area contributed by atoms with Crippen molar-refractivity contribution in [3.63, 3.8) is 0 Å². The van der Waals surface area contributed by atoms with Crippen molar-refractivity contribution < 1.29 is 79.0 Å². The molecule has 2 saturated heterocycles. The minimum Gasteiger partial charge on any atom is -0.390 e. The molecule has 22 heteroatoms. The minimum absolute atomic E-state index is 0.475. The van der Waals surface area contributed by atoms with Crippen molar-refractivity contribution >= 4 is 35.4 Å². The van der Waals surface area contributed by atoms with Gasteiger partial charge in [0, 0.05) is 13.0 Å². The third-order valence-corrected chi connectivity index (χ3v) is 8.27. The van der Waals surface area contributed by atoms with E-state index in [2.05, 4.69) is 13.1 Å². The van der Waals surface area contributed by atoms with E-state index in [0.717, 1.165) is 0 Å². The molecule has 33 heavy (non-hydrogen) atoms. The van der Waals surface area contributed by atoms with E-state index in [4.69, 9.17) is 19.4 Å². The van der Waals surface area contributed by atoms with Crippen LogP contribution in [-0.2, 0) is 36.4 Å². The molecule has 2 heterocycles. The number of imide groups is 1. The molecule has 6 N–H and O–H groups in total. The van der Waals surface area contributed by atoms with Crippen molar-refractivity contribution in [2.75, 3.05) is 13.2 Å². The number of alkyl halides is 3. The predicted molar refractivity (Wildman–Crippen MR) is 93.5 cm³/mol. The van der Waals surface area contributed by atoms with E-state index in [1.165, 1.54) is 5.32 Å². The number of aliphatic hydroxyl groups excluding tert-OH is 1. The van der Waals surface area contributed by atoms with Gasteiger partial charge in [-0.05, 0) is 6.92 Å². The summed E-state index contributed by atoms with van der Waals surface area (Å²) in [5.41, 5.74) is -3.00. The number of ether oxygens (including phenoxy) is 1. The maximum atomic E-state index is 13.3. The van der Waals surface area contributed by atoms with E-state index in [0.29, 0.717) is 11.8 Å². The first-order valence-corrected chi connectivity index (χ1v) is 13.0. The van der Waals surface area contributed by atoms with Crippen molar-refractivity contribution in [1.29, 1.82) is 0 Å². The Kier molecular flexibility index (Phi) is 7.94. The minimum atomic E-state index is -5.79. The van der Waals surface area contributed by atoms with Gasteiger partial charge in [-0.25, -0.2) is 18.5 Å². The molecule has 6 atom stereocenters. The van der Waals surface area contributed by atoms with Gasteiger partial charge in [0.05, 0.1) is 12.7 Å². The first kappa shape index (κ1) is 28.3. The van der Waals surface area contributed by atoms with Crippen LogP contribution in [0, 0.1) is 5.41 Å². The molecular weight excluding hydrogens is 534 g/mol. The monoisotopic (exact) mass is 552 g/mol. The first-order valence-electron chi connectivity index (χ1n) is 8.46. The maximum absolute atomic E-state index is 13.3. The summed E-state index contributed by atoms with van der Waals surface area (Å²) in [6.45, 7) is -1.71. The molecule has 2 aliphatic rings. The quantitative estimate of drug-likeness (QED) is 0.216. The molecule has 0 aromatic rings. The van der Waals surface area contributed by atoms with Crippen LogP contribution in [0.25, 0.3) is 0 Å². The second-order valence-corrected chi connectivity index (χ2v) is 11.5. The molecule has 3 amide bonds. The maximum Gasteiger partial charge on any atom is 0.490 e. The fraction of sp³-hybridized carbons (Fsp3) is 0.818. The Balaban J connectivity index is 2.04. The average Bonchev–Trinajstić information content (AvgIpc) is 2.92. The van der Waals surface area contributed by atoms with E-state index in [1.54, 1.807) is 0 Å². The lowest BCUT2D eigenvalue weighted by Crippen LogP contribution is -2.66. The zero-order chi connectivity index (χ0) is 25.6. The Bertz CT molecular complexity index is 941. The molecule has 2 fully saturated rings. The standard InChI is InChI=1S/C11H18F3N2O14P3/c1-10(11(12,13)14)4-16(9(19)15-8(10)18)7-2-5(17)6(28-7)3-27-32(23,24)30-33(25,26)29-31(20,21)22/h5-7,17H,2-4H2,1H3,(H,23,24)(H,25,26)(H,15,18,19)(H2,20,21,22)/t5-,6+,7+,10?/m0/s1. The number of aliphatic hydroxyl groups is 1. The molecule has 192 valence electrons. The summed E-state index contributed by atoms with van der Waals surface area (Å²) in [4.78, 5) is 59.6. The second-order valence-electron chi connectivity index (χ2n) is 7.04. The number of urea groups is 1. The SMILES string of the molecule is CC1(C(F)(F)F)CN([C@H]2C[C@H](O)[C@@H](COP(=O)(O)OP(=O)(O)OP(=O)(O)O)O2)C(=O)NC1=O. The highest BCUT2D eigenvalue weighted by Crippen LogP contribution is 2.66. The average molecular weight is 552 g/mol. The molecule has 0 bridgehead atoms. The normalized spacial score (nSPS) is 32.9. The molecule has 0 aromatic carbocycles.